The molecule has 0 fully saturated rings. The zero-order valence-corrected chi connectivity index (χ0v) is 17.4. The largest absolute Gasteiger partial charge is 0.435 e. The molecule has 4 rings (SSSR count). The van der Waals surface area contributed by atoms with Gasteiger partial charge in [-0.2, -0.15) is 13.2 Å². The summed E-state index contributed by atoms with van der Waals surface area (Å²) in [5.41, 5.74) is -0.498. The lowest BCUT2D eigenvalue weighted by Crippen LogP contribution is -2.09. The van der Waals surface area contributed by atoms with Gasteiger partial charge in [0.15, 0.2) is 17.2 Å². The van der Waals surface area contributed by atoms with Crippen LogP contribution >= 0.6 is 0 Å². The van der Waals surface area contributed by atoms with Gasteiger partial charge >= 0.3 is 6.18 Å². The number of hydrogen-bond acceptors (Lipinski definition) is 5. The molecule has 0 bridgehead atoms. The van der Waals surface area contributed by atoms with Crippen LogP contribution in [0.15, 0.2) is 41.4 Å². The molecule has 0 aliphatic heterocycles. The number of aryl methyl sites for hydroxylation is 1. The van der Waals surface area contributed by atoms with Crippen LogP contribution in [0.25, 0.3) is 33.8 Å². The van der Waals surface area contributed by atoms with Gasteiger partial charge in [-0.25, -0.2) is 13.8 Å². The van der Waals surface area contributed by atoms with E-state index in [1.165, 1.54) is 23.9 Å². The highest BCUT2D eigenvalue weighted by atomic mass is 32.2. The lowest BCUT2D eigenvalue weighted by molar-refractivity contribution is -0.141. The summed E-state index contributed by atoms with van der Waals surface area (Å²) in [5.74, 6) is -1.23. The van der Waals surface area contributed by atoms with Crippen molar-refractivity contribution < 1.29 is 26.2 Å². The SMILES string of the molecule is CCS(=O)c1cc(-c2cc(F)cc(F)c2)cnc1-c1nc2cc(C(F)(F)F)nnc2n1C. The van der Waals surface area contributed by atoms with Crippen molar-refractivity contribution in [2.75, 3.05) is 5.75 Å². The number of benzene rings is 1. The van der Waals surface area contributed by atoms with Crippen molar-refractivity contribution in [1.82, 2.24) is 24.7 Å². The molecule has 0 aliphatic carbocycles. The van der Waals surface area contributed by atoms with Crippen LogP contribution in [-0.2, 0) is 24.0 Å². The van der Waals surface area contributed by atoms with E-state index < -0.39 is 34.3 Å². The third-order valence-electron chi connectivity index (χ3n) is 4.68. The van der Waals surface area contributed by atoms with Crippen molar-refractivity contribution in [2.45, 2.75) is 18.0 Å². The van der Waals surface area contributed by atoms with Gasteiger partial charge in [-0.3, -0.25) is 9.19 Å². The first-order valence-corrected chi connectivity index (χ1v) is 10.5. The van der Waals surface area contributed by atoms with Crippen LogP contribution < -0.4 is 0 Å². The van der Waals surface area contributed by atoms with Crippen molar-refractivity contribution in [3.05, 3.63) is 53.9 Å². The van der Waals surface area contributed by atoms with Gasteiger partial charge < -0.3 is 4.57 Å². The number of alkyl halides is 3. The minimum atomic E-state index is -4.69. The highest BCUT2D eigenvalue weighted by molar-refractivity contribution is 7.85. The first kappa shape index (κ1) is 21.9. The average molecular weight is 467 g/mol. The smallest absolute Gasteiger partial charge is 0.309 e. The molecule has 1 aromatic carbocycles. The molecular formula is C20H14F5N5OS. The first-order chi connectivity index (χ1) is 15.1. The normalized spacial score (nSPS) is 13.0. The molecule has 0 aliphatic rings. The Morgan fingerprint density at radius 3 is 2.31 bits per heavy atom. The van der Waals surface area contributed by atoms with E-state index in [0.717, 1.165) is 24.3 Å². The quantitative estimate of drug-likeness (QED) is 0.413. The number of rotatable bonds is 4. The summed E-state index contributed by atoms with van der Waals surface area (Å²) in [4.78, 5) is 8.72. The molecule has 0 amide bonds. The van der Waals surface area contributed by atoms with Gasteiger partial charge in [-0.1, -0.05) is 6.92 Å². The molecule has 6 nitrogen and oxygen atoms in total. The Bertz CT molecular complexity index is 1350. The average Bonchev–Trinajstić information content (AvgIpc) is 3.07. The molecule has 166 valence electrons. The summed E-state index contributed by atoms with van der Waals surface area (Å²) in [7, 11) is -0.0483. The second-order valence-corrected chi connectivity index (χ2v) is 8.50. The second-order valence-electron chi connectivity index (χ2n) is 6.79. The lowest BCUT2D eigenvalue weighted by Gasteiger charge is -2.10. The third kappa shape index (κ3) is 3.97. The minimum Gasteiger partial charge on any atom is -0.309 e. The van der Waals surface area contributed by atoms with Crippen molar-refractivity contribution in [3.63, 3.8) is 0 Å². The Labute approximate surface area is 180 Å². The van der Waals surface area contributed by atoms with E-state index in [0.29, 0.717) is 5.56 Å². The Morgan fingerprint density at radius 2 is 1.69 bits per heavy atom. The Balaban J connectivity index is 1.90. The van der Waals surface area contributed by atoms with Gasteiger partial charge in [0.25, 0.3) is 0 Å². The minimum absolute atomic E-state index is 0.0591. The topological polar surface area (TPSA) is 73.6 Å². The number of fused-ring (bicyclic) bond motifs is 1. The van der Waals surface area contributed by atoms with E-state index in [-0.39, 0.29) is 38.9 Å². The van der Waals surface area contributed by atoms with Gasteiger partial charge in [0, 0.05) is 36.7 Å². The molecule has 32 heavy (non-hydrogen) atoms. The van der Waals surface area contributed by atoms with Crippen molar-refractivity contribution in [1.29, 1.82) is 0 Å². The maximum Gasteiger partial charge on any atom is 0.435 e. The number of imidazole rings is 1. The van der Waals surface area contributed by atoms with E-state index in [4.69, 9.17) is 0 Å². The molecule has 0 radical (unpaired) electrons. The number of aromatic nitrogens is 5. The third-order valence-corrected chi connectivity index (χ3v) is 6.00. The van der Waals surface area contributed by atoms with Crippen LogP contribution in [0.4, 0.5) is 22.0 Å². The second kappa shape index (κ2) is 8.01. The van der Waals surface area contributed by atoms with Gasteiger partial charge in [-0.05, 0) is 23.8 Å². The van der Waals surface area contributed by atoms with Gasteiger partial charge in [0.05, 0.1) is 15.7 Å². The summed E-state index contributed by atoms with van der Waals surface area (Å²) in [5, 5.41) is 6.82. The maximum absolute atomic E-state index is 13.6. The molecule has 1 atom stereocenters. The Kier molecular flexibility index (Phi) is 5.49. The molecule has 3 heterocycles. The van der Waals surface area contributed by atoms with Crippen LogP contribution in [0, 0.1) is 11.6 Å². The van der Waals surface area contributed by atoms with Gasteiger partial charge in [0.2, 0.25) is 0 Å². The summed E-state index contributed by atoms with van der Waals surface area (Å²) < 4.78 is 80.4. The maximum atomic E-state index is 13.6. The number of pyridine rings is 1. The van der Waals surface area contributed by atoms with E-state index >= 15 is 0 Å². The van der Waals surface area contributed by atoms with Crippen LogP contribution in [0.2, 0.25) is 0 Å². The van der Waals surface area contributed by atoms with Crippen molar-refractivity contribution >= 4 is 22.0 Å². The summed E-state index contributed by atoms with van der Waals surface area (Å²) in [6.45, 7) is 1.67. The van der Waals surface area contributed by atoms with Crippen LogP contribution in [0.3, 0.4) is 0 Å². The fourth-order valence-electron chi connectivity index (χ4n) is 3.16. The fourth-order valence-corrected chi connectivity index (χ4v) is 4.09. The van der Waals surface area contributed by atoms with Crippen molar-refractivity contribution in [3.8, 4) is 22.6 Å². The molecule has 1 unspecified atom stereocenters. The van der Waals surface area contributed by atoms with Crippen molar-refractivity contribution in [2.24, 2.45) is 7.05 Å². The Hall–Kier alpha value is -3.28. The Morgan fingerprint density at radius 1 is 1.00 bits per heavy atom. The molecule has 0 saturated heterocycles. The number of halogens is 5. The predicted octanol–water partition coefficient (Wildman–Crippen LogP) is 4.52. The fraction of sp³-hybridized carbons (Fsp3) is 0.200. The molecule has 0 spiro atoms. The predicted molar refractivity (Wildman–Crippen MR) is 107 cm³/mol. The molecule has 0 saturated carbocycles. The standard InChI is InChI=1S/C20H14F5N5OS/c1-3-32(31)15-6-11(10-4-12(21)7-13(22)5-10)9-26-17(15)19-27-14-8-16(20(23,24)25)28-29-18(14)30(19)2/h4-9H,3H2,1-2H3. The highest BCUT2D eigenvalue weighted by Crippen LogP contribution is 2.32. The molecule has 12 heteroatoms. The number of hydrogen-bond donors (Lipinski definition) is 0. The van der Waals surface area contributed by atoms with E-state index in [1.807, 2.05) is 0 Å². The van der Waals surface area contributed by atoms with E-state index in [9.17, 15) is 26.2 Å². The summed E-state index contributed by atoms with van der Waals surface area (Å²) in [6.07, 6.45) is -3.36. The van der Waals surface area contributed by atoms with E-state index in [2.05, 4.69) is 20.2 Å². The van der Waals surface area contributed by atoms with Gasteiger partial charge in [-0.15, -0.1) is 10.2 Å². The number of nitrogens with zero attached hydrogens (tertiary/aromatic N) is 5. The zero-order valence-electron chi connectivity index (χ0n) is 16.6. The zero-order chi connectivity index (χ0) is 23.2. The molecule has 3 aromatic heterocycles. The van der Waals surface area contributed by atoms with Gasteiger partial charge in [0.1, 0.15) is 22.8 Å². The molecular weight excluding hydrogens is 453 g/mol. The molecule has 0 N–H and O–H groups in total. The summed E-state index contributed by atoms with van der Waals surface area (Å²) in [6, 6.07) is 5.20. The summed E-state index contributed by atoms with van der Waals surface area (Å²) >= 11 is 0. The monoisotopic (exact) mass is 467 g/mol. The van der Waals surface area contributed by atoms with Crippen LogP contribution in [-0.4, -0.2) is 34.7 Å². The highest BCUT2D eigenvalue weighted by Gasteiger charge is 2.34. The van der Waals surface area contributed by atoms with Crippen LogP contribution in [0.5, 0.6) is 0 Å². The van der Waals surface area contributed by atoms with E-state index in [1.54, 1.807) is 6.92 Å². The molecule has 4 aromatic rings. The lowest BCUT2D eigenvalue weighted by atomic mass is 10.1. The van der Waals surface area contributed by atoms with Crippen LogP contribution in [0.1, 0.15) is 12.6 Å². The first-order valence-electron chi connectivity index (χ1n) is 9.21.